The standard InChI is InChI=1S/C12H14N4O3S/c1-8-2-3-9(7-13)6-10(8)20(18,19)16-11-4-5-12(17)15-14-11/h2-6H,7,13H2,1H3,(H,14,16)(H,15,17). The van der Waals surface area contributed by atoms with E-state index >= 15 is 0 Å². The number of H-pyrrole nitrogens is 1. The number of sulfonamides is 1. The third-order valence-electron chi connectivity index (χ3n) is 2.70. The summed E-state index contributed by atoms with van der Waals surface area (Å²) in [6, 6.07) is 7.46. The molecule has 0 unspecified atom stereocenters. The summed E-state index contributed by atoms with van der Waals surface area (Å²) in [4.78, 5) is 11.0. The molecule has 106 valence electrons. The zero-order valence-corrected chi connectivity index (χ0v) is 11.6. The van der Waals surface area contributed by atoms with E-state index < -0.39 is 15.6 Å². The topological polar surface area (TPSA) is 118 Å². The summed E-state index contributed by atoms with van der Waals surface area (Å²) in [5.74, 6) is 0.0437. The second-order valence-corrected chi connectivity index (χ2v) is 5.87. The van der Waals surface area contributed by atoms with Gasteiger partial charge in [-0.3, -0.25) is 9.52 Å². The third-order valence-corrected chi connectivity index (χ3v) is 4.19. The molecule has 2 rings (SSSR count). The molecule has 1 aromatic carbocycles. The lowest BCUT2D eigenvalue weighted by Crippen LogP contribution is -2.17. The van der Waals surface area contributed by atoms with Gasteiger partial charge in [-0.15, -0.1) is 0 Å². The number of aromatic nitrogens is 2. The number of anilines is 1. The molecule has 0 saturated heterocycles. The first-order valence-electron chi connectivity index (χ1n) is 5.80. The maximum absolute atomic E-state index is 12.3. The van der Waals surface area contributed by atoms with Gasteiger partial charge in [-0.25, -0.2) is 13.5 Å². The van der Waals surface area contributed by atoms with Crippen LogP contribution in [0.15, 0.2) is 40.0 Å². The van der Waals surface area contributed by atoms with Gasteiger partial charge in [-0.05, 0) is 30.2 Å². The van der Waals surface area contributed by atoms with Crippen molar-refractivity contribution < 1.29 is 8.42 Å². The van der Waals surface area contributed by atoms with E-state index in [0.717, 1.165) is 0 Å². The highest BCUT2D eigenvalue weighted by molar-refractivity contribution is 7.92. The van der Waals surface area contributed by atoms with E-state index in [-0.39, 0.29) is 17.3 Å². The lowest BCUT2D eigenvalue weighted by Gasteiger charge is -2.10. The number of aromatic amines is 1. The molecule has 0 spiro atoms. The Morgan fingerprint density at radius 2 is 2.05 bits per heavy atom. The highest BCUT2D eigenvalue weighted by atomic mass is 32.2. The van der Waals surface area contributed by atoms with Crippen molar-refractivity contribution in [3.63, 3.8) is 0 Å². The molecule has 7 nitrogen and oxygen atoms in total. The second kappa shape index (κ2) is 5.43. The Hall–Kier alpha value is -2.19. The monoisotopic (exact) mass is 294 g/mol. The zero-order chi connectivity index (χ0) is 14.8. The predicted octanol–water partition coefficient (Wildman–Crippen LogP) is 0.338. The number of nitrogens with one attached hydrogen (secondary N) is 2. The van der Waals surface area contributed by atoms with E-state index in [1.54, 1.807) is 19.1 Å². The van der Waals surface area contributed by atoms with Crippen LogP contribution in [-0.4, -0.2) is 18.6 Å². The first kappa shape index (κ1) is 14.2. The Bertz CT molecular complexity index is 763. The van der Waals surface area contributed by atoms with E-state index in [1.807, 2.05) is 0 Å². The second-order valence-electron chi connectivity index (χ2n) is 4.22. The average molecular weight is 294 g/mol. The zero-order valence-electron chi connectivity index (χ0n) is 10.8. The van der Waals surface area contributed by atoms with E-state index in [2.05, 4.69) is 14.9 Å². The van der Waals surface area contributed by atoms with Crippen LogP contribution in [0.4, 0.5) is 5.82 Å². The molecular formula is C12H14N4O3S. The molecule has 0 aliphatic carbocycles. The Labute approximate surface area is 115 Å². The predicted molar refractivity (Wildman–Crippen MR) is 74.7 cm³/mol. The van der Waals surface area contributed by atoms with Crippen molar-refractivity contribution in [1.82, 2.24) is 10.2 Å². The summed E-state index contributed by atoms with van der Waals surface area (Å²) in [6.07, 6.45) is 0. The minimum atomic E-state index is -3.78. The molecular weight excluding hydrogens is 280 g/mol. The third kappa shape index (κ3) is 3.03. The summed E-state index contributed by atoms with van der Waals surface area (Å²) in [6.45, 7) is 1.94. The molecule has 0 radical (unpaired) electrons. The molecule has 1 heterocycles. The van der Waals surface area contributed by atoms with Crippen molar-refractivity contribution in [3.8, 4) is 0 Å². The van der Waals surface area contributed by atoms with Crippen LogP contribution >= 0.6 is 0 Å². The Kier molecular flexibility index (Phi) is 3.86. The van der Waals surface area contributed by atoms with Crippen molar-refractivity contribution in [3.05, 3.63) is 51.8 Å². The van der Waals surface area contributed by atoms with Crippen LogP contribution in [0.3, 0.4) is 0 Å². The van der Waals surface area contributed by atoms with Crippen molar-refractivity contribution in [2.45, 2.75) is 18.4 Å². The Morgan fingerprint density at radius 3 is 2.65 bits per heavy atom. The first-order chi connectivity index (χ1) is 9.42. The van der Waals surface area contributed by atoms with Crippen LogP contribution in [-0.2, 0) is 16.6 Å². The Balaban J connectivity index is 2.40. The van der Waals surface area contributed by atoms with Gasteiger partial charge in [0.05, 0.1) is 4.90 Å². The molecule has 0 bridgehead atoms. The molecule has 1 aromatic heterocycles. The smallest absolute Gasteiger partial charge is 0.264 e. The van der Waals surface area contributed by atoms with Gasteiger partial charge in [-0.2, -0.15) is 5.10 Å². The summed E-state index contributed by atoms with van der Waals surface area (Å²) < 4.78 is 26.9. The maximum atomic E-state index is 12.3. The number of nitrogens with two attached hydrogens (primary N) is 1. The number of benzene rings is 1. The number of hydrogen-bond donors (Lipinski definition) is 3. The molecule has 20 heavy (non-hydrogen) atoms. The maximum Gasteiger partial charge on any atom is 0.264 e. The molecule has 0 fully saturated rings. The summed E-state index contributed by atoms with van der Waals surface area (Å²) in [5.41, 5.74) is 6.42. The number of hydrogen-bond acceptors (Lipinski definition) is 5. The van der Waals surface area contributed by atoms with Crippen LogP contribution < -0.4 is 16.0 Å². The van der Waals surface area contributed by atoms with Gasteiger partial charge in [0.25, 0.3) is 15.6 Å². The minimum Gasteiger partial charge on any atom is -0.326 e. The van der Waals surface area contributed by atoms with Crippen LogP contribution in [0.5, 0.6) is 0 Å². The molecule has 2 aromatic rings. The fourth-order valence-electron chi connectivity index (χ4n) is 1.65. The number of aryl methyl sites for hydroxylation is 1. The minimum absolute atomic E-state index is 0.0437. The lowest BCUT2D eigenvalue weighted by atomic mass is 10.1. The lowest BCUT2D eigenvalue weighted by molar-refractivity contribution is 0.600. The van der Waals surface area contributed by atoms with Crippen molar-refractivity contribution in [2.75, 3.05) is 4.72 Å². The quantitative estimate of drug-likeness (QED) is 0.751. The van der Waals surface area contributed by atoms with Crippen LogP contribution in [0, 0.1) is 6.92 Å². The van der Waals surface area contributed by atoms with E-state index in [0.29, 0.717) is 11.1 Å². The summed E-state index contributed by atoms with van der Waals surface area (Å²) >= 11 is 0. The van der Waals surface area contributed by atoms with Crippen molar-refractivity contribution in [1.29, 1.82) is 0 Å². The van der Waals surface area contributed by atoms with Gasteiger partial charge in [-0.1, -0.05) is 12.1 Å². The van der Waals surface area contributed by atoms with Crippen molar-refractivity contribution >= 4 is 15.8 Å². The van der Waals surface area contributed by atoms with Gasteiger partial charge in [0.15, 0.2) is 5.82 Å². The van der Waals surface area contributed by atoms with Crippen LogP contribution in [0.1, 0.15) is 11.1 Å². The van der Waals surface area contributed by atoms with Gasteiger partial charge in [0.1, 0.15) is 0 Å². The molecule has 0 saturated carbocycles. The fraction of sp³-hybridized carbons (Fsp3) is 0.167. The first-order valence-corrected chi connectivity index (χ1v) is 7.29. The normalized spacial score (nSPS) is 11.3. The molecule has 4 N–H and O–H groups in total. The highest BCUT2D eigenvalue weighted by Crippen LogP contribution is 2.19. The average Bonchev–Trinajstić information content (AvgIpc) is 2.41. The van der Waals surface area contributed by atoms with Crippen LogP contribution in [0.25, 0.3) is 0 Å². The molecule has 0 aliphatic heterocycles. The SMILES string of the molecule is Cc1ccc(CN)cc1S(=O)(=O)Nc1ccc(=O)[nH]n1. The number of rotatable bonds is 4. The van der Waals surface area contributed by atoms with Gasteiger partial charge < -0.3 is 5.73 Å². The summed E-state index contributed by atoms with van der Waals surface area (Å²) in [7, 11) is -3.78. The van der Waals surface area contributed by atoms with Gasteiger partial charge >= 0.3 is 0 Å². The molecule has 0 atom stereocenters. The van der Waals surface area contributed by atoms with E-state index in [4.69, 9.17) is 5.73 Å². The fourth-order valence-corrected chi connectivity index (χ4v) is 2.95. The Morgan fingerprint density at radius 1 is 1.30 bits per heavy atom. The van der Waals surface area contributed by atoms with Gasteiger partial charge in [0, 0.05) is 12.6 Å². The molecule has 8 heteroatoms. The van der Waals surface area contributed by atoms with Gasteiger partial charge in [0.2, 0.25) is 0 Å². The molecule has 0 aliphatic rings. The number of nitrogens with zero attached hydrogens (tertiary/aromatic N) is 1. The van der Waals surface area contributed by atoms with E-state index in [1.165, 1.54) is 18.2 Å². The molecule has 0 amide bonds. The van der Waals surface area contributed by atoms with Crippen LogP contribution in [0.2, 0.25) is 0 Å². The van der Waals surface area contributed by atoms with E-state index in [9.17, 15) is 13.2 Å². The largest absolute Gasteiger partial charge is 0.326 e. The van der Waals surface area contributed by atoms with Crippen molar-refractivity contribution in [2.24, 2.45) is 5.73 Å². The summed E-state index contributed by atoms with van der Waals surface area (Å²) in [5, 5.41) is 5.77. The highest BCUT2D eigenvalue weighted by Gasteiger charge is 2.18.